The van der Waals surface area contributed by atoms with Crippen molar-refractivity contribution >= 4 is 30.2 Å². The third-order valence-electron chi connectivity index (χ3n) is 1.90. The van der Waals surface area contributed by atoms with Gasteiger partial charge < -0.3 is 4.52 Å². The number of hydrogen-bond acceptors (Lipinski definition) is 1. The van der Waals surface area contributed by atoms with Gasteiger partial charge in [0.25, 0.3) is 0 Å². The fraction of sp³-hybridized carbons (Fsp3) is 0.167. The molecule has 15 heavy (non-hydrogen) atoms. The lowest BCUT2D eigenvalue weighted by Crippen LogP contribution is -1.78. The molecule has 0 spiro atoms. The molecule has 2 aromatic rings. The van der Waals surface area contributed by atoms with Gasteiger partial charge in [-0.05, 0) is 11.5 Å². The molecule has 0 radical (unpaired) electrons. The van der Waals surface area contributed by atoms with Gasteiger partial charge in [0.1, 0.15) is 5.75 Å². The van der Waals surface area contributed by atoms with Crippen LogP contribution in [0.15, 0.2) is 42.5 Å². The zero-order chi connectivity index (χ0) is 11.1. The van der Waals surface area contributed by atoms with Crippen LogP contribution in [0.2, 0.25) is 0 Å². The van der Waals surface area contributed by atoms with Crippen molar-refractivity contribution in [2.45, 2.75) is 13.8 Å². The van der Waals surface area contributed by atoms with Gasteiger partial charge in [-0.3, -0.25) is 0 Å². The molecule has 0 saturated heterocycles. The summed E-state index contributed by atoms with van der Waals surface area (Å²) >= 11 is 5.54. The van der Waals surface area contributed by atoms with Gasteiger partial charge in [0.2, 0.25) is 0 Å². The van der Waals surface area contributed by atoms with Crippen molar-refractivity contribution in [3.8, 4) is 5.75 Å². The molecule has 0 aliphatic rings. The van der Waals surface area contributed by atoms with Crippen molar-refractivity contribution in [1.82, 2.24) is 0 Å². The lowest BCUT2D eigenvalue weighted by molar-refractivity contribution is 0.650. The maximum absolute atomic E-state index is 5.54. The molecule has 0 aromatic heterocycles. The van der Waals surface area contributed by atoms with E-state index in [9.17, 15) is 0 Å². The molecule has 2 rings (SSSR count). The largest absolute Gasteiger partial charge is 0.460 e. The molecule has 1 atom stereocenters. The molecular formula is C12H14ClOP. The quantitative estimate of drug-likeness (QED) is 0.672. The van der Waals surface area contributed by atoms with E-state index in [2.05, 4.69) is 12.1 Å². The van der Waals surface area contributed by atoms with Crippen LogP contribution in [0.1, 0.15) is 13.8 Å². The Morgan fingerprint density at radius 2 is 1.67 bits per heavy atom. The minimum absolute atomic E-state index is 0.0293. The third kappa shape index (κ3) is 3.09. The second-order valence-corrected chi connectivity index (χ2v) is 3.48. The monoisotopic (exact) mass is 240 g/mol. The minimum Gasteiger partial charge on any atom is -0.460 e. The Kier molecular flexibility index (Phi) is 5.45. The van der Waals surface area contributed by atoms with E-state index in [4.69, 9.17) is 15.8 Å². The van der Waals surface area contributed by atoms with Crippen LogP contribution in [0.25, 0.3) is 10.8 Å². The maximum atomic E-state index is 5.54. The summed E-state index contributed by atoms with van der Waals surface area (Å²) in [5.74, 6) is 0.853. The molecule has 3 heteroatoms. The Bertz CT molecular complexity index is 412. The zero-order valence-corrected chi connectivity index (χ0v) is 10.6. The Morgan fingerprint density at radius 3 is 2.40 bits per heavy atom. The highest BCUT2D eigenvalue weighted by Crippen LogP contribution is 2.31. The first-order valence-electron chi connectivity index (χ1n) is 4.92. The number of halogens is 1. The average Bonchev–Trinajstić information content (AvgIpc) is 2.33. The lowest BCUT2D eigenvalue weighted by atomic mass is 10.1. The summed E-state index contributed by atoms with van der Waals surface area (Å²) in [6, 6.07) is 14.0. The summed E-state index contributed by atoms with van der Waals surface area (Å²) in [6.45, 7) is 4.00. The molecule has 0 fully saturated rings. The van der Waals surface area contributed by atoms with Crippen molar-refractivity contribution in [2.24, 2.45) is 0 Å². The average molecular weight is 241 g/mol. The molecule has 0 saturated carbocycles. The summed E-state index contributed by atoms with van der Waals surface area (Å²) in [6.07, 6.45) is 0. The van der Waals surface area contributed by atoms with E-state index in [0.29, 0.717) is 0 Å². The Morgan fingerprint density at radius 1 is 1.00 bits per heavy atom. The van der Waals surface area contributed by atoms with Crippen LogP contribution in [-0.2, 0) is 0 Å². The molecule has 80 valence electrons. The van der Waals surface area contributed by atoms with Gasteiger partial charge in [-0.15, -0.1) is 0 Å². The van der Waals surface area contributed by atoms with Crippen molar-refractivity contribution in [2.75, 3.05) is 0 Å². The van der Waals surface area contributed by atoms with Gasteiger partial charge in [-0.25, -0.2) is 0 Å². The van der Waals surface area contributed by atoms with Crippen molar-refractivity contribution in [1.29, 1.82) is 0 Å². The Labute approximate surface area is 97.1 Å². The van der Waals surface area contributed by atoms with Gasteiger partial charge in [0.15, 0.2) is 8.16 Å². The van der Waals surface area contributed by atoms with E-state index in [1.165, 1.54) is 5.39 Å². The zero-order valence-electron chi connectivity index (χ0n) is 8.83. The third-order valence-corrected chi connectivity index (χ3v) is 2.43. The van der Waals surface area contributed by atoms with E-state index in [1.54, 1.807) is 0 Å². The van der Waals surface area contributed by atoms with E-state index >= 15 is 0 Å². The predicted octanol–water partition coefficient (Wildman–Crippen LogP) is 4.99. The first kappa shape index (κ1) is 12.3. The van der Waals surface area contributed by atoms with Crippen LogP contribution in [0, 0.1) is 0 Å². The molecule has 0 N–H and O–H groups in total. The van der Waals surface area contributed by atoms with Gasteiger partial charge >= 0.3 is 0 Å². The molecule has 0 bridgehead atoms. The van der Waals surface area contributed by atoms with Crippen LogP contribution in [0.5, 0.6) is 5.75 Å². The summed E-state index contributed by atoms with van der Waals surface area (Å²) < 4.78 is 5.31. The lowest BCUT2D eigenvalue weighted by Gasteiger charge is -2.04. The maximum Gasteiger partial charge on any atom is 0.168 e. The highest BCUT2D eigenvalue weighted by atomic mass is 35.7. The molecular weight excluding hydrogens is 227 g/mol. The van der Waals surface area contributed by atoms with Gasteiger partial charge in [-0.1, -0.05) is 61.5 Å². The fourth-order valence-corrected chi connectivity index (χ4v) is 1.84. The van der Waals surface area contributed by atoms with Crippen LogP contribution in [0.3, 0.4) is 0 Å². The first-order valence-corrected chi connectivity index (χ1v) is 6.84. The normalized spacial score (nSPS) is 10.1. The van der Waals surface area contributed by atoms with Crippen LogP contribution in [-0.4, -0.2) is 0 Å². The molecule has 1 nitrogen and oxygen atoms in total. The summed E-state index contributed by atoms with van der Waals surface area (Å²) in [4.78, 5) is 0. The Hall–Kier alpha value is -0.780. The molecule has 1 unspecified atom stereocenters. The van der Waals surface area contributed by atoms with Gasteiger partial charge in [-0.2, -0.15) is 0 Å². The first-order chi connectivity index (χ1) is 7.42. The van der Waals surface area contributed by atoms with E-state index in [0.717, 1.165) is 11.1 Å². The number of fused-ring (bicyclic) bond motifs is 1. The summed E-state index contributed by atoms with van der Waals surface area (Å²) in [7, 11) is -0.0293. The molecule has 0 amide bonds. The van der Waals surface area contributed by atoms with E-state index in [1.807, 2.05) is 44.2 Å². The summed E-state index contributed by atoms with van der Waals surface area (Å²) in [5.41, 5.74) is 0. The van der Waals surface area contributed by atoms with Crippen molar-refractivity contribution < 1.29 is 4.52 Å². The van der Waals surface area contributed by atoms with Crippen LogP contribution in [0.4, 0.5) is 0 Å². The highest BCUT2D eigenvalue weighted by Gasteiger charge is 1.99. The van der Waals surface area contributed by atoms with Crippen molar-refractivity contribution in [3.05, 3.63) is 42.5 Å². The highest BCUT2D eigenvalue weighted by molar-refractivity contribution is 7.64. The van der Waals surface area contributed by atoms with E-state index < -0.39 is 0 Å². The second kappa shape index (κ2) is 6.66. The predicted molar refractivity (Wildman–Crippen MR) is 70.1 cm³/mol. The number of hydrogen-bond donors (Lipinski definition) is 0. The summed E-state index contributed by atoms with van der Waals surface area (Å²) in [5, 5.41) is 2.29. The van der Waals surface area contributed by atoms with Crippen LogP contribution >= 0.6 is 19.4 Å². The fourth-order valence-electron chi connectivity index (χ4n) is 1.33. The minimum atomic E-state index is -0.0293. The molecule has 0 aliphatic heterocycles. The standard InChI is InChI=1S/C10H8ClOP.C2H6/c11-13-12-10-7-3-5-8-4-1-2-6-9(8)10;1-2/h1-7,13H;1-2H3. The van der Waals surface area contributed by atoms with Crippen LogP contribution < -0.4 is 4.52 Å². The topological polar surface area (TPSA) is 9.23 Å². The molecule has 0 aliphatic carbocycles. The molecule has 0 heterocycles. The second-order valence-electron chi connectivity index (χ2n) is 2.66. The van der Waals surface area contributed by atoms with Gasteiger partial charge in [0.05, 0.1) is 0 Å². The smallest absolute Gasteiger partial charge is 0.168 e. The number of benzene rings is 2. The van der Waals surface area contributed by atoms with Crippen molar-refractivity contribution in [3.63, 3.8) is 0 Å². The van der Waals surface area contributed by atoms with Gasteiger partial charge in [0, 0.05) is 5.39 Å². The Balaban J connectivity index is 0.000000531. The SMILES string of the molecule is CC.ClPOc1cccc2ccccc12. The molecule has 2 aromatic carbocycles. The number of rotatable bonds is 2. The van der Waals surface area contributed by atoms with E-state index in [-0.39, 0.29) is 8.16 Å².